The zero-order valence-electron chi connectivity index (χ0n) is 6.75. The van der Waals surface area contributed by atoms with E-state index in [0.29, 0.717) is 0 Å². The van der Waals surface area contributed by atoms with E-state index >= 15 is 0 Å². The Balaban J connectivity index is 4.01. The zero-order valence-corrected chi connectivity index (χ0v) is 6.75. The Labute approximate surface area is 70.2 Å². The summed E-state index contributed by atoms with van der Waals surface area (Å²) >= 11 is 0. The minimum atomic E-state index is -1.01. The fourth-order valence-electron chi connectivity index (χ4n) is 0.451. The van der Waals surface area contributed by atoms with Gasteiger partial charge in [-0.15, -0.1) is 0 Å². The molecule has 0 aromatic heterocycles. The molecule has 0 atom stereocenters. The van der Waals surface area contributed by atoms with Crippen LogP contribution in [0, 0.1) is 12.3 Å². The summed E-state index contributed by atoms with van der Waals surface area (Å²) in [4.78, 5) is 21.4. The second-order valence-corrected chi connectivity index (χ2v) is 1.73. The molecule has 0 spiro atoms. The van der Waals surface area contributed by atoms with Crippen molar-refractivity contribution in [1.82, 2.24) is 0 Å². The maximum absolute atomic E-state index is 10.7. The van der Waals surface area contributed by atoms with E-state index in [1.807, 2.05) is 0 Å². The average Bonchev–Trinajstić information content (AvgIpc) is 2.04. The number of carbonyl (C=O) groups excluding carboxylic acids is 2. The van der Waals surface area contributed by atoms with Crippen molar-refractivity contribution in [3.05, 3.63) is 6.92 Å². The third-order valence-electron chi connectivity index (χ3n) is 0.917. The van der Waals surface area contributed by atoms with Crippen molar-refractivity contribution in [3.8, 4) is 0 Å². The summed E-state index contributed by atoms with van der Waals surface area (Å²) in [5.74, 6) is -1.99. The molecule has 0 rings (SSSR count). The lowest BCUT2D eigenvalue weighted by Gasteiger charge is -2.00. The van der Waals surface area contributed by atoms with Crippen molar-refractivity contribution >= 4 is 17.7 Å². The first-order chi connectivity index (χ1) is 5.63. The van der Waals surface area contributed by atoms with Gasteiger partial charge in [0.2, 0.25) is 12.3 Å². The van der Waals surface area contributed by atoms with Crippen molar-refractivity contribution in [2.45, 2.75) is 6.92 Å². The van der Waals surface area contributed by atoms with Crippen LogP contribution < -0.4 is 0 Å². The van der Waals surface area contributed by atoms with E-state index < -0.39 is 17.7 Å². The van der Waals surface area contributed by atoms with Gasteiger partial charge in [-0.25, -0.2) is 9.59 Å². The van der Waals surface area contributed by atoms with E-state index in [4.69, 9.17) is 5.41 Å². The lowest BCUT2D eigenvalue weighted by atomic mass is 10.4. The quantitative estimate of drug-likeness (QED) is 0.279. The Morgan fingerprint density at radius 3 is 2.25 bits per heavy atom. The van der Waals surface area contributed by atoms with Crippen LogP contribution in [0.2, 0.25) is 0 Å². The Morgan fingerprint density at radius 1 is 1.33 bits per heavy atom. The van der Waals surface area contributed by atoms with Gasteiger partial charge in [0.05, 0.1) is 6.61 Å². The van der Waals surface area contributed by atoms with Gasteiger partial charge in [-0.1, -0.05) is 0 Å². The lowest BCUT2D eigenvalue weighted by molar-refractivity contribution is -0.140. The zero-order chi connectivity index (χ0) is 9.56. The molecule has 0 aromatic rings. The van der Waals surface area contributed by atoms with Crippen molar-refractivity contribution in [2.75, 3.05) is 13.2 Å². The lowest BCUT2D eigenvalue weighted by Crippen LogP contribution is -2.27. The van der Waals surface area contributed by atoms with Gasteiger partial charge in [-0.05, 0) is 6.92 Å². The molecule has 0 aliphatic heterocycles. The van der Waals surface area contributed by atoms with E-state index in [9.17, 15) is 9.59 Å². The first-order valence-corrected chi connectivity index (χ1v) is 3.35. The molecule has 0 bridgehead atoms. The van der Waals surface area contributed by atoms with Gasteiger partial charge in [-0.2, -0.15) is 0 Å². The minimum absolute atomic E-state index is 0.110. The number of rotatable bonds is 4. The summed E-state index contributed by atoms with van der Waals surface area (Å²) in [5, 5.41) is 6.93. The topological polar surface area (TPSA) is 76.5 Å². The summed E-state index contributed by atoms with van der Waals surface area (Å²) < 4.78 is 8.68. The van der Waals surface area contributed by atoms with Crippen LogP contribution in [0.3, 0.4) is 0 Å². The first-order valence-electron chi connectivity index (χ1n) is 3.35. The van der Waals surface area contributed by atoms with Gasteiger partial charge in [0.25, 0.3) is 0 Å². The van der Waals surface area contributed by atoms with Gasteiger partial charge in [0.15, 0.2) is 0 Å². The molecule has 66 valence electrons. The minimum Gasteiger partial charge on any atom is -0.461 e. The Bertz CT molecular complexity index is 180. The molecule has 0 saturated heterocycles. The highest BCUT2D eigenvalue weighted by atomic mass is 16.6. The molecule has 0 fully saturated rings. The molecule has 12 heavy (non-hydrogen) atoms. The van der Waals surface area contributed by atoms with Gasteiger partial charge in [-0.3, -0.25) is 5.41 Å². The highest BCUT2D eigenvalue weighted by Crippen LogP contribution is 1.86. The van der Waals surface area contributed by atoms with Crippen molar-refractivity contribution in [1.29, 1.82) is 5.41 Å². The maximum atomic E-state index is 10.7. The molecule has 0 aliphatic rings. The Kier molecular flexibility index (Phi) is 4.52. The van der Waals surface area contributed by atoms with E-state index in [1.54, 1.807) is 6.92 Å². The van der Waals surface area contributed by atoms with Gasteiger partial charge in [0.1, 0.15) is 6.92 Å². The van der Waals surface area contributed by atoms with E-state index in [2.05, 4.69) is 16.4 Å². The molecule has 0 unspecified atom stereocenters. The molecule has 5 nitrogen and oxygen atoms in total. The van der Waals surface area contributed by atoms with Crippen LogP contribution in [0.25, 0.3) is 0 Å². The number of hydrogen-bond acceptors (Lipinski definition) is 5. The predicted molar refractivity (Wildman–Crippen MR) is 40.7 cm³/mol. The van der Waals surface area contributed by atoms with Crippen LogP contribution in [0.15, 0.2) is 0 Å². The number of esters is 2. The highest BCUT2D eigenvalue weighted by Gasteiger charge is 2.20. The molecule has 5 heteroatoms. The van der Waals surface area contributed by atoms with Gasteiger partial charge < -0.3 is 9.47 Å². The van der Waals surface area contributed by atoms with Crippen LogP contribution in [0.5, 0.6) is 0 Å². The molecule has 0 amide bonds. The van der Waals surface area contributed by atoms with Crippen LogP contribution >= 0.6 is 0 Å². The standard InChI is InChI=1S/C7H10NO4/c1-3-11-6(9)5(8)7(10)12-4-2/h8H,1,3-4H2,2H3/q+1. The number of carbonyl (C=O) groups is 2. The smallest absolute Gasteiger partial charge is 0.367 e. The third-order valence-corrected chi connectivity index (χ3v) is 0.917. The van der Waals surface area contributed by atoms with Crippen molar-refractivity contribution in [3.63, 3.8) is 0 Å². The molecular formula is C7H10NO4+. The summed E-state index contributed by atoms with van der Waals surface area (Å²) in [6.45, 7) is 4.82. The van der Waals surface area contributed by atoms with Crippen LogP contribution in [-0.2, 0) is 19.1 Å². The second kappa shape index (κ2) is 5.17. The summed E-state index contributed by atoms with van der Waals surface area (Å²) in [7, 11) is 0. The van der Waals surface area contributed by atoms with Crippen LogP contribution in [-0.4, -0.2) is 30.9 Å². The van der Waals surface area contributed by atoms with Crippen molar-refractivity contribution in [2.24, 2.45) is 0 Å². The molecule has 1 N–H and O–H groups in total. The van der Waals surface area contributed by atoms with Crippen LogP contribution in [0.1, 0.15) is 6.92 Å². The number of ether oxygens (including phenoxy) is 2. The first kappa shape index (κ1) is 10.5. The van der Waals surface area contributed by atoms with E-state index in [0.717, 1.165) is 0 Å². The molecule has 0 radical (unpaired) electrons. The van der Waals surface area contributed by atoms with Crippen LogP contribution in [0.4, 0.5) is 0 Å². The Hall–Kier alpha value is -1.52. The summed E-state index contributed by atoms with van der Waals surface area (Å²) in [6.07, 6.45) is 0. The summed E-state index contributed by atoms with van der Waals surface area (Å²) in [6, 6.07) is 0. The Morgan fingerprint density at radius 2 is 1.83 bits per heavy atom. The third kappa shape index (κ3) is 3.05. The second-order valence-electron chi connectivity index (χ2n) is 1.73. The van der Waals surface area contributed by atoms with Gasteiger partial charge in [0, 0.05) is 0 Å². The number of hydrogen-bond donors (Lipinski definition) is 1. The highest BCUT2D eigenvalue weighted by molar-refractivity contribution is 6.61. The fourth-order valence-corrected chi connectivity index (χ4v) is 0.451. The molecule has 0 heterocycles. The monoisotopic (exact) mass is 172 g/mol. The van der Waals surface area contributed by atoms with E-state index in [1.165, 1.54) is 0 Å². The number of nitrogens with one attached hydrogen (secondary N) is 1. The normalized spacial score (nSPS) is 8.75. The molecule has 0 aliphatic carbocycles. The summed E-state index contributed by atoms with van der Waals surface area (Å²) in [5.41, 5.74) is -0.805. The fraction of sp³-hybridized carbons (Fsp3) is 0.429. The maximum Gasteiger partial charge on any atom is 0.367 e. The SMILES string of the molecule is [CH2+]COC(=O)C(=N)C(=O)OCC. The molecule has 0 saturated carbocycles. The van der Waals surface area contributed by atoms with E-state index in [-0.39, 0.29) is 13.2 Å². The predicted octanol–water partition coefficient (Wildman–Crippen LogP) is -0.0534. The largest absolute Gasteiger partial charge is 0.461 e. The van der Waals surface area contributed by atoms with Crippen molar-refractivity contribution < 1.29 is 19.1 Å². The molecular weight excluding hydrogens is 162 g/mol. The van der Waals surface area contributed by atoms with Gasteiger partial charge >= 0.3 is 11.9 Å². The average molecular weight is 172 g/mol. The molecule has 0 aromatic carbocycles.